The molecule has 2 amide bonds. The van der Waals surface area contributed by atoms with Crippen molar-refractivity contribution >= 4 is 23.7 Å². The van der Waals surface area contributed by atoms with Crippen molar-refractivity contribution < 1.29 is 19.5 Å². The van der Waals surface area contributed by atoms with E-state index in [1.165, 1.54) is 13.1 Å². The summed E-state index contributed by atoms with van der Waals surface area (Å²) in [7, 11) is 0. The first-order valence-electron chi connectivity index (χ1n) is 5.12. The number of fused-ring (bicyclic) bond motifs is 1. The average Bonchev–Trinajstić information content (AvgIpc) is 2.27. The molecule has 1 aliphatic heterocycles. The molecule has 0 aromatic carbocycles. The molecule has 0 saturated carbocycles. The molecule has 0 unspecified atom stereocenters. The van der Waals surface area contributed by atoms with Gasteiger partial charge < -0.3 is 5.11 Å². The number of Topliss-reactive ketones (excluding diaryl/α,β-unsaturated/α-hetero) is 1. The molecule has 0 radical (unpaired) electrons. The van der Waals surface area contributed by atoms with Crippen LogP contribution < -0.4 is 5.32 Å². The Morgan fingerprint density at radius 1 is 1.44 bits per heavy atom. The van der Waals surface area contributed by atoms with Crippen molar-refractivity contribution in [1.82, 2.24) is 14.9 Å². The van der Waals surface area contributed by atoms with Crippen LogP contribution in [0.25, 0.3) is 0 Å². The van der Waals surface area contributed by atoms with E-state index in [-0.39, 0.29) is 30.7 Å². The molecule has 2 N–H and O–H groups in total. The van der Waals surface area contributed by atoms with E-state index >= 15 is 0 Å². The second-order valence-corrected chi connectivity index (χ2v) is 3.80. The summed E-state index contributed by atoms with van der Waals surface area (Å²) in [5.74, 6) is -0.638. The van der Waals surface area contributed by atoms with Crippen molar-refractivity contribution in [3.63, 3.8) is 0 Å². The SMILES string of the molecule is CC(=O)Nc1ncc2c(n1)CN(C(=O)O)CC2=O. The summed E-state index contributed by atoms with van der Waals surface area (Å²) in [4.78, 5) is 42.1. The molecule has 2 rings (SSSR count). The van der Waals surface area contributed by atoms with Crippen LogP contribution in [0.2, 0.25) is 0 Å². The molecule has 0 atom stereocenters. The van der Waals surface area contributed by atoms with Gasteiger partial charge >= 0.3 is 6.09 Å². The highest BCUT2D eigenvalue weighted by atomic mass is 16.4. The molecular weight excluding hydrogens is 240 g/mol. The topological polar surface area (TPSA) is 112 Å². The number of nitrogens with zero attached hydrogens (tertiary/aromatic N) is 3. The lowest BCUT2D eigenvalue weighted by atomic mass is 10.1. The number of carbonyl (C=O) groups is 3. The van der Waals surface area contributed by atoms with E-state index in [4.69, 9.17) is 5.11 Å². The van der Waals surface area contributed by atoms with Crippen LogP contribution in [0.1, 0.15) is 23.0 Å². The number of carbonyl (C=O) groups excluding carboxylic acids is 2. The van der Waals surface area contributed by atoms with Crippen molar-refractivity contribution in [3.05, 3.63) is 17.5 Å². The number of rotatable bonds is 1. The van der Waals surface area contributed by atoms with Gasteiger partial charge in [-0.25, -0.2) is 14.8 Å². The lowest BCUT2D eigenvalue weighted by Crippen LogP contribution is -2.39. The minimum Gasteiger partial charge on any atom is -0.465 e. The van der Waals surface area contributed by atoms with Gasteiger partial charge in [0.2, 0.25) is 11.9 Å². The fraction of sp³-hybridized carbons (Fsp3) is 0.300. The first kappa shape index (κ1) is 12.0. The van der Waals surface area contributed by atoms with Gasteiger partial charge in [-0.2, -0.15) is 0 Å². The smallest absolute Gasteiger partial charge is 0.408 e. The molecule has 0 aliphatic carbocycles. The van der Waals surface area contributed by atoms with Crippen LogP contribution in [0.3, 0.4) is 0 Å². The maximum Gasteiger partial charge on any atom is 0.408 e. The van der Waals surface area contributed by atoms with Crippen molar-refractivity contribution in [2.45, 2.75) is 13.5 Å². The molecule has 94 valence electrons. The minimum absolute atomic E-state index is 0.00547. The number of amides is 2. The van der Waals surface area contributed by atoms with Crippen LogP contribution in [-0.4, -0.2) is 44.3 Å². The molecule has 0 spiro atoms. The number of nitrogens with one attached hydrogen (secondary N) is 1. The van der Waals surface area contributed by atoms with Crippen LogP contribution in [0.5, 0.6) is 0 Å². The zero-order valence-electron chi connectivity index (χ0n) is 9.51. The highest BCUT2D eigenvalue weighted by Gasteiger charge is 2.27. The Morgan fingerprint density at radius 3 is 2.78 bits per heavy atom. The summed E-state index contributed by atoms with van der Waals surface area (Å²) in [5.41, 5.74) is 0.592. The number of carboxylic acid groups (broad SMARTS) is 1. The first-order valence-corrected chi connectivity index (χ1v) is 5.12. The standard InChI is InChI=1S/C10H10N4O4/c1-5(15)12-9-11-2-6-7(13-9)3-14(10(17)18)4-8(6)16/h2H,3-4H2,1H3,(H,17,18)(H,11,12,13,15). The van der Waals surface area contributed by atoms with Crippen molar-refractivity contribution in [2.75, 3.05) is 11.9 Å². The van der Waals surface area contributed by atoms with E-state index in [2.05, 4.69) is 15.3 Å². The van der Waals surface area contributed by atoms with Crippen LogP contribution in [0.15, 0.2) is 6.20 Å². The maximum absolute atomic E-state index is 11.7. The molecule has 1 aromatic rings. The van der Waals surface area contributed by atoms with Gasteiger partial charge in [-0.1, -0.05) is 0 Å². The summed E-state index contributed by atoms with van der Waals surface area (Å²) in [6, 6.07) is 0. The third-order valence-corrected chi connectivity index (χ3v) is 2.40. The average molecular weight is 250 g/mol. The van der Waals surface area contributed by atoms with Crippen LogP contribution in [0, 0.1) is 0 Å². The lowest BCUT2D eigenvalue weighted by molar-refractivity contribution is -0.114. The second kappa shape index (κ2) is 4.40. The van der Waals surface area contributed by atoms with Crippen LogP contribution >= 0.6 is 0 Å². The normalized spacial score (nSPS) is 14.1. The fourth-order valence-electron chi connectivity index (χ4n) is 1.62. The Balaban J connectivity index is 2.33. The number of hydrogen-bond acceptors (Lipinski definition) is 5. The summed E-state index contributed by atoms with van der Waals surface area (Å²) in [5, 5.41) is 11.2. The fourth-order valence-corrected chi connectivity index (χ4v) is 1.62. The number of aromatic nitrogens is 2. The Bertz CT molecular complexity index is 543. The molecule has 0 bridgehead atoms. The van der Waals surface area contributed by atoms with E-state index in [0.29, 0.717) is 11.3 Å². The van der Waals surface area contributed by atoms with Crippen LogP contribution in [-0.2, 0) is 11.3 Å². The van der Waals surface area contributed by atoms with Crippen molar-refractivity contribution in [3.8, 4) is 0 Å². The lowest BCUT2D eigenvalue weighted by Gasteiger charge is -2.24. The quantitative estimate of drug-likeness (QED) is 0.731. The molecule has 1 aliphatic rings. The van der Waals surface area contributed by atoms with Gasteiger partial charge in [-0.3, -0.25) is 19.8 Å². The molecule has 2 heterocycles. The van der Waals surface area contributed by atoms with E-state index in [1.807, 2.05) is 0 Å². The highest BCUT2D eigenvalue weighted by Crippen LogP contribution is 2.17. The maximum atomic E-state index is 11.7. The van der Waals surface area contributed by atoms with Gasteiger partial charge in [0.1, 0.15) is 0 Å². The van der Waals surface area contributed by atoms with E-state index in [1.54, 1.807) is 0 Å². The Morgan fingerprint density at radius 2 is 2.17 bits per heavy atom. The van der Waals surface area contributed by atoms with Gasteiger partial charge in [0.15, 0.2) is 5.78 Å². The number of hydrogen-bond donors (Lipinski definition) is 2. The molecule has 18 heavy (non-hydrogen) atoms. The molecule has 0 fully saturated rings. The monoisotopic (exact) mass is 250 g/mol. The zero-order valence-corrected chi connectivity index (χ0v) is 9.51. The second-order valence-electron chi connectivity index (χ2n) is 3.80. The van der Waals surface area contributed by atoms with Crippen molar-refractivity contribution in [1.29, 1.82) is 0 Å². The summed E-state index contributed by atoms with van der Waals surface area (Å²) in [6.45, 7) is 1.11. The summed E-state index contributed by atoms with van der Waals surface area (Å²) < 4.78 is 0. The number of anilines is 1. The van der Waals surface area contributed by atoms with E-state index < -0.39 is 6.09 Å². The Hall–Kier alpha value is -2.51. The van der Waals surface area contributed by atoms with Gasteiger partial charge in [-0.05, 0) is 0 Å². The van der Waals surface area contributed by atoms with E-state index in [9.17, 15) is 14.4 Å². The minimum atomic E-state index is -1.19. The summed E-state index contributed by atoms with van der Waals surface area (Å²) >= 11 is 0. The molecule has 0 saturated heterocycles. The molecular formula is C10H10N4O4. The predicted molar refractivity (Wildman–Crippen MR) is 59.1 cm³/mol. The Kier molecular flexibility index (Phi) is 2.92. The zero-order chi connectivity index (χ0) is 13.3. The van der Waals surface area contributed by atoms with Gasteiger partial charge in [-0.15, -0.1) is 0 Å². The van der Waals surface area contributed by atoms with Crippen LogP contribution in [0.4, 0.5) is 10.7 Å². The van der Waals surface area contributed by atoms with E-state index in [0.717, 1.165) is 4.90 Å². The third-order valence-electron chi connectivity index (χ3n) is 2.40. The molecule has 1 aromatic heterocycles. The highest BCUT2D eigenvalue weighted by molar-refractivity contribution is 6.00. The third kappa shape index (κ3) is 2.26. The number of ketones is 1. The predicted octanol–water partition coefficient (Wildman–Crippen LogP) is 0.111. The van der Waals surface area contributed by atoms with Gasteiger partial charge in [0.05, 0.1) is 24.3 Å². The largest absolute Gasteiger partial charge is 0.465 e. The first-order chi connectivity index (χ1) is 8.47. The van der Waals surface area contributed by atoms with Crippen molar-refractivity contribution in [2.24, 2.45) is 0 Å². The van der Waals surface area contributed by atoms with Gasteiger partial charge in [0, 0.05) is 13.1 Å². The van der Waals surface area contributed by atoms with Gasteiger partial charge in [0.25, 0.3) is 0 Å². The molecule has 8 nitrogen and oxygen atoms in total. The Labute approximate surface area is 102 Å². The molecule has 8 heteroatoms. The summed E-state index contributed by atoms with van der Waals surface area (Å²) in [6.07, 6.45) is 0.114.